The molecule has 0 bridgehead atoms. The third-order valence-electron chi connectivity index (χ3n) is 5.37. The highest BCUT2D eigenvalue weighted by Gasteiger charge is 2.33. The molecular formula is C24H35N3O5. The molecule has 0 aromatic heterocycles. The number of benzene rings is 1. The summed E-state index contributed by atoms with van der Waals surface area (Å²) in [6, 6.07) is 6.98. The Balaban J connectivity index is 2.01. The maximum atomic E-state index is 13.0. The van der Waals surface area contributed by atoms with Crippen molar-refractivity contribution < 1.29 is 23.9 Å². The van der Waals surface area contributed by atoms with Gasteiger partial charge >= 0.3 is 5.97 Å². The number of carbonyl (C=O) groups is 4. The minimum Gasteiger partial charge on any atom is -0.459 e. The monoisotopic (exact) mass is 445 g/mol. The molecule has 1 heterocycles. The zero-order valence-electron chi connectivity index (χ0n) is 19.4. The lowest BCUT2D eigenvalue weighted by Crippen LogP contribution is -2.55. The van der Waals surface area contributed by atoms with Crippen molar-refractivity contribution in [2.24, 2.45) is 11.8 Å². The molecule has 1 aliphatic heterocycles. The molecule has 3 atom stereocenters. The number of carbonyl (C=O) groups excluding carboxylic acids is 4. The van der Waals surface area contributed by atoms with Crippen molar-refractivity contribution in [3.8, 4) is 0 Å². The summed E-state index contributed by atoms with van der Waals surface area (Å²) in [6.45, 7) is 8.25. The first kappa shape index (κ1) is 25.5. The van der Waals surface area contributed by atoms with Crippen LogP contribution in [0.2, 0.25) is 0 Å². The second kappa shape index (κ2) is 12.3. The van der Waals surface area contributed by atoms with Gasteiger partial charge in [-0.15, -0.1) is 0 Å². The van der Waals surface area contributed by atoms with Crippen LogP contribution in [-0.4, -0.2) is 48.2 Å². The van der Waals surface area contributed by atoms with E-state index in [4.69, 9.17) is 4.74 Å². The molecule has 32 heavy (non-hydrogen) atoms. The van der Waals surface area contributed by atoms with Gasteiger partial charge in [-0.3, -0.25) is 14.4 Å². The summed E-state index contributed by atoms with van der Waals surface area (Å²) in [4.78, 5) is 50.5. The number of hydrogen-bond acceptors (Lipinski definition) is 6. The average molecular weight is 446 g/mol. The average Bonchev–Trinajstić information content (AvgIpc) is 3.29. The summed E-state index contributed by atoms with van der Waals surface area (Å²) < 4.78 is 5.40. The Morgan fingerprint density at radius 3 is 2.31 bits per heavy atom. The Morgan fingerprint density at radius 2 is 1.75 bits per heavy atom. The molecule has 1 aromatic carbocycles. The summed E-state index contributed by atoms with van der Waals surface area (Å²) in [5.41, 5.74) is 0.846. The van der Waals surface area contributed by atoms with Crippen molar-refractivity contribution in [1.29, 1.82) is 0 Å². The number of hydrogen-bond donors (Lipinski definition) is 3. The lowest BCUT2D eigenvalue weighted by molar-refractivity contribution is -0.151. The zero-order valence-corrected chi connectivity index (χ0v) is 19.4. The number of ketones is 1. The van der Waals surface area contributed by atoms with Gasteiger partial charge in [0.25, 0.3) is 5.91 Å². The van der Waals surface area contributed by atoms with Crippen LogP contribution in [0.3, 0.4) is 0 Å². The molecule has 176 valence electrons. The van der Waals surface area contributed by atoms with E-state index in [1.165, 1.54) is 0 Å². The van der Waals surface area contributed by atoms with E-state index in [9.17, 15) is 19.2 Å². The third kappa shape index (κ3) is 7.75. The van der Waals surface area contributed by atoms with E-state index in [0.29, 0.717) is 19.4 Å². The predicted molar refractivity (Wildman–Crippen MR) is 120 cm³/mol. The van der Waals surface area contributed by atoms with E-state index >= 15 is 0 Å². The summed E-state index contributed by atoms with van der Waals surface area (Å²) in [6.07, 6.45) is 1.78. The number of amides is 2. The van der Waals surface area contributed by atoms with Crippen LogP contribution in [0, 0.1) is 11.8 Å². The first-order chi connectivity index (χ1) is 15.2. The molecule has 8 nitrogen and oxygen atoms in total. The van der Waals surface area contributed by atoms with Crippen LogP contribution in [0.1, 0.15) is 52.5 Å². The highest BCUT2D eigenvalue weighted by atomic mass is 16.5. The maximum absolute atomic E-state index is 13.0. The lowest BCUT2D eigenvalue weighted by Gasteiger charge is -2.25. The van der Waals surface area contributed by atoms with Crippen LogP contribution >= 0.6 is 0 Å². The van der Waals surface area contributed by atoms with Crippen molar-refractivity contribution in [3.05, 3.63) is 35.9 Å². The fraction of sp³-hybridized carbons (Fsp3) is 0.583. The minimum atomic E-state index is -0.920. The van der Waals surface area contributed by atoms with Gasteiger partial charge in [0.05, 0.1) is 6.04 Å². The topological polar surface area (TPSA) is 114 Å². The molecule has 0 saturated carbocycles. The van der Waals surface area contributed by atoms with Gasteiger partial charge in [-0.2, -0.15) is 0 Å². The third-order valence-corrected chi connectivity index (χ3v) is 5.37. The highest BCUT2D eigenvalue weighted by molar-refractivity contribution is 6.38. The first-order valence-electron chi connectivity index (χ1n) is 11.3. The van der Waals surface area contributed by atoms with Gasteiger partial charge in [0.15, 0.2) is 0 Å². The molecule has 0 spiro atoms. The summed E-state index contributed by atoms with van der Waals surface area (Å²) in [7, 11) is 0. The molecule has 1 unspecified atom stereocenters. The largest absolute Gasteiger partial charge is 0.459 e. The Labute approximate surface area is 189 Å². The molecule has 8 heteroatoms. The molecule has 0 radical (unpaired) electrons. The molecule has 1 fully saturated rings. The number of esters is 1. The Morgan fingerprint density at radius 1 is 1.06 bits per heavy atom. The van der Waals surface area contributed by atoms with Gasteiger partial charge in [-0.25, -0.2) is 4.79 Å². The zero-order chi connectivity index (χ0) is 23.7. The van der Waals surface area contributed by atoms with Gasteiger partial charge in [0.2, 0.25) is 11.7 Å². The molecule has 2 rings (SSSR count). The number of nitrogens with one attached hydrogen (secondary N) is 3. The predicted octanol–water partition coefficient (Wildman–Crippen LogP) is 1.72. The summed E-state index contributed by atoms with van der Waals surface area (Å²) in [5.74, 6) is -2.52. The summed E-state index contributed by atoms with van der Waals surface area (Å²) >= 11 is 0. The van der Waals surface area contributed by atoms with Crippen LogP contribution in [0.25, 0.3) is 0 Å². The van der Waals surface area contributed by atoms with Gasteiger partial charge in [-0.1, -0.05) is 58.0 Å². The van der Waals surface area contributed by atoms with Gasteiger partial charge in [-0.05, 0) is 43.2 Å². The number of rotatable bonds is 11. The maximum Gasteiger partial charge on any atom is 0.329 e. The van der Waals surface area contributed by atoms with Gasteiger partial charge in [0.1, 0.15) is 18.7 Å². The first-order valence-corrected chi connectivity index (χ1v) is 11.3. The van der Waals surface area contributed by atoms with E-state index < -0.39 is 41.7 Å². The van der Waals surface area contributed by atoms with Crippen LogP contribution in [-0.2, 0) is 30.5 Å². The minimum absolute atomic E-state index is 0.0910. The van der Waals surface area contributed by atoms with E-state index in [-0.39, 0.29) is 18.4 Å². The molecule has 1 aliphatic rings. The Kier molecular flexibility index (Phi) is 9.84. The van der Waals surface area contributed by atoms with Crippen molar-refractivity contribution in [2.45, 2.75) is 71.7 Å². The van der Waals surface area contributed by atoms with E-state index in [2.05, 4.69) is 16.0 Å². The molecule has 3 N–H and O–H groups in total. The second-order valence-electron chi connectivity index (χ2n) is 8.99. The smallest absolute Gasteiger partial charge is 0.329 e. The van der Waals surface area contributed by atoms with Crippen molar-refractivity contribution in [3.63, 3.8) is 0 Å². The quantitative estimate of drug-likeness (QED) is 0.353. The van der Waals surface area contributed by atoms with Gasteiger partial charge < -0.3 is 20.7 Å². The highest BCUT2D eigenvalue weighted by Crippen LogP contribution is 2.11. The standard InChI is InChI=1S/C24H35N3O5/c1-15(2)13-19(26-23(30)21(28)18-11-8-12-25-18)22(29)27-20(16(3)4)24(31)32-14-17-9-6-5-7-10-17/h5-7,9-10,15-16,18-20,25H,8,11-14H2,1-4H3,(H,26,30)(H,27,29)/t18?,19-,20+/m1/s1. The Bertz CT molecular complexity index is 788. The molecular weight excluding hydrogens is 410 g/mol. The van der Waals surface area contributed by atoms with Crippen LogP contribution < -0.4 is 16.0 Å². The molecule has 1 saturated heterocycles. The number of Topliss-reactive ketones (excluding diaryl/α,β-unsaturated/α-hetero) is 1. The normalized spacial score (nSPS) is 17.6. The van der Waals surface area contributed by atoms with Crippen LogP contribution in [0.5, 0.6) is 0 Å². The second-order valence-corrected chi connectivity index (χ2v) is 8.99. The van der Waals surface area contributed by atoms with Gasteiger partial charge in [0, 0.05) is 0 Å². The fourth-order valence-corrected chi connectivity index (χ4v) is 3.57. The van der Waals surface area contributed by atoms with Crippen molar-refractivity contribution in [2.75, 3.05) is 6.54 Å². The van der Waals surface area contributed by atoms with E-state index in [0.717, 1.165) is 12.0 Å². The fourth-order valence-electron chi connectivity index (χ4n) is 3.57. The lowest BCUT2D eigenvalue weighted by atomic mass is 10.00. The van der Waals surface area contributed by atoms with Crippen molar-refractivity contribution >= 4 is 23.6 Å². The van der Waals surface area contributed by atoms with E-state index in [1.807, 2.05) is 44.2 Å². The van der Waals surface area contributed by atoms with Crippen LogP contribution in [0.4, 0.5) is 0 Å². The summed E-state index contributed by atoms with van der Waals surface area (Å²) in [5, 5.41) is 8.29. The molecule has 2 amide bonds. The SMILES string of the molecule is CC(C)C[C@@H](NC(=O)C(=O)C1CCCN1)C(=O)N[C@H](C(=O)OCc1ccccc1)C(C)C. The number of ether oxygens (including phenoxy) is 1. The van der Waals surface area contributed by atoms with E-state index in [1.54, 1.807) is 13.8 Å². The Hall–Kier alpha value is -2.74. The van der Waals surface area contributed by atoms with Crippen LogP contribution in [0.15, 0.2) is 30.3 Å². The van der Waals surface area contributed by atoms with Crippen molar-refractivity contribution in [1.82, 2.24) is 16.0 Å². The molecule has 0 aliphatic carbocycles. The molecule has 1 aromatic rings.